The molecule has 1 aliphatic carbocycles. The van der Waals surface area contributed by atoms with Gasteiger partial charge in [0.25, 0.3) is 0 Å². The summed E-state index contributed by atoms with van der Waals surface area (Å²) in [7, 11) is 0. The predicted molar refractivity (Wildman–Crippen MR) is 157 cm³/mol. The van der Waals surface area contributed by atoms with Crippen LogP contribution in [0.25, 0.3) is 44.2 Å². The van der Waals surface area contributed by atoms with Crippen LogP contribution < -0.4 is 11.0 Å². The first kappa shape index (κ1) is 25.7. The molecule has 0 saturated heterocycles. The van der Waals surface area contributed by atoms with Gasteiger partial charge in [0.05, 0.1) is 12.2 Å². The summed E-state index contributed by atoms with van der Waals surface area (Å²) in [6.07, 6.45) is 3.37. The molecule has 0 atom stereocenters. The van der Waals surface area contributed by atoms with E-state index in [1.165, 1.54) is 0 Å². The van der Waals surface area contributed by atoms with Gasteiger partial charge in [-0.15, -0.1) is 5.10 Å². The Morgan fingerprint density at radius 2 is 1.55 bits per heavy atom. The third-order valence-corrected chi connectivity index (χ3v) is 7.54. The van der Waals surface area contributed by atoms with Gasteiger partial charge in [-0.2, -0.15) is 0 Å². The highest BCUT2D eigenvalue weighted by Gasteiger charge is 2.22. The van der Waals surface area contributed by atoms with Crippen molar-refractivity contribution in [1.29, 1.82) is 0 Å². The van der Waals surface area contributed by atoms with Crippen molar-refractivity contribution in [1.82, 2.24) is 5.43 Å². The molecule has 202 valence electrons. The van der Waals surface area contributed by atoms with E-state index in [1.54, 1.807) is 0 Å². The first-order valence-electron chi connectivity index (χ1n) is 13.9. The van der Waals surface area contributed by atoms with Gasteiger partial charge in [0, 0.05) is 33.7 Å². The standard InChI is InChI=1S/C34H32N2O4/c1-4-38-34(37)25-17-11-12-18-29(25)35-36-30-20-26(23-13-7-5-8-14-23)27-19-28-31(24-15-9-6-10-16-24)22(3)39-33(28)21(2)32(27)40-30/h5-10,13-16,19-20,35H,4,11-12,17-18H2,1-3H3/b36-30+. The van der Waals surface area contributed by atoms with Crippen LogP contribution in [0.5, 0.6) is 0 Å². The lowest BCUT2D eigenvalue weighted by Crippen LogP contribution is -2.21. The lowest BCUT2D eigenvalue weighted by atomic mass is 9.96. The van der Waals surface area contributed by atoms with Crippen LogP contribution in [-0.2, 0) is 9.53 Å². The smallest absolute Gasteiger partial charge is 0.335 e. The van der Waals surface area contributed by atoms with Gasteiger partial charge in [0.1, 0.15) is 16.9 Å². The number of furan rings is 1. The Kier molecular flexibility index (Phi) is 6.99. The van der Waals surface area contributed by atoms with Gasteiger partial charge in [-0.25, -0.2) is 4.79 Å². The van der Waals surface area contributed by atoms with Crippen molar-refractivity contribution in [2.24, 2.45) is 5.10 Å². The minimum Gasteiger partial charge on any atom is -0.463 e. The average molecular weight is 533 g/mol. The Morgan fingerprint density at radius 3 is 2.27 bits per heavy atom. The van der Waals surface area contributed by atoms with Crippen molar-refractivity contribution in [3.8, 4) is 22.3 Å². The zero-order chi connectivity index (χ0) is 27.6. The lowest BCUT2D eigenvalue weighted by molar-refractivity contribution is -0.138. The summed E-state index contributed by atoms with van der Waals surface area (Å²) in [6.45, 7) is 6.20. The molecule has 2 heterocycles. The van der Waals surface area contributed by atoms with Crippen molar-refractivity contribution < 1.29 is 18.4 Å². The second-order valence-corrected chi connectivity index (χ2v) is 10.1. The predicted octanol–water partition coefficient (Wildman–Crippen LogP) is 7.93. The molecular weight excluding hydrogens is 500 g/mol. The molecule has 0 amide bonds. The van der Waals surface area contributed by atoms with E-state index < -0.39 is 0 Å². The van der Waals surface area contributed by atoms with E-state index in [0.29, 0.717) is 29.7 Å². The molecule has 40 heavy (non-hydrogen) atoms. The Morgan fingerprint density at radius 1 is 0.875 bits per heavy atom. The van der Waals surface area contributed by atoms with Gasteiger partial charge >= 0.3 is 5.97 Å². The summed E-state index contributed by atoms with van der Waals surface area (Å²) in [5, 5.41) is 6.67. The number of esters is 1. The summed E-state index contributed by atoms with van der Waals surface area (Å²) in [5.41, 5.74) is 11.7. The molecule has 3 aromatic carbocycles. The Balaban J connectivity index is 1.56. The van der Waals surface area contributed by atoms with E-state index in [0.717, 1.165) is 74.9 Å². The number of allylic oxidation sites excluding steroid dienone is 1. The van der Waals surface area contributed by atoms with E-state index in [-0.39, 0.29) is 5.97 Å². The Bertz CT molecular complexity index is 1810. The fraction of sp³-hybridized carbons (Fsp3) is 0.235. The monoisotopic (exact) mass is 532 g/mol. The second-order valence-electron chi connectivity index (χ2n) is 10.1. The van der Waals surface area contributed by atoms with Crippen LogP contribution in [-0.4, -0.2) is 12.6 Å². The maximum absolute atomic E-state index is 12.5. The Labute approximate surface area is 233 Å². The zero-order valence-corrected chi connectivity index (χ0v) is 23.0. The molecule has 6 heteroatoms. The number of carbonyl (C=O) groups is 1. The van der Waals surface area contributed by atoms with Gasteiger partial charge in [-0.05, 0) is 69.2 Å². The number of aryl methyl sites for hydroxylation is 2. The maximum atomic E-state index is 12.5. The van der Waals surface area contributed by atoms with Crippen molar-refractivity contribution in [2.75, 3.05) is 6.61 Å². The third kappa shape index (κ3) is 4.70. The number of hydrogen-bond acceptors (Lipinski definition) is 6. The van der Waals surface area contributed by atoms with E-state index >= 15 is 0 Å². The minimum atomic E-state index is -0.277. The minimum absolute atomic E-state index is 0.277. The number of rotatable bonds is 6. The van der Waals surface area contributed by atoms with Crippen LogP contribution in [0.15, 0.2) is 98.0 Å². The lowest BCUT2D eigenvalue weighted by Gasteiger charge is -2.18. The molecule has 0 radical (unpaired) electrons. The van der Waals surface area contributed by atoms with Crippen LogP contribution in [0.4, 0.5) is 0 Å². The molecule has 1 N–H and O–H groups in total. The second kappa shape index (κ2) is 10.9. The van der Waals surface area contributed by atoms with Gasteiger partial charge < -0.3 is 13.6 Å². The quantitative estimate of drug-likeness (QED) is 0.177. The van der Waals surface area contributed by atoms with Gasteiger partial charge in [0.2, 0.25) is 5.55 Å². The average Bonchev–Trinajstić information content (AvgIpc) is 3.33. The van der Waals surface area contributed by atoms with Crippen LogP contribution in [0, 0.1) is 13.8 Å². The molecule has 0 saturated carbocycles. The fourth-order valence-electron chi connectivity index (χ4n) is 5.63. The first-order valence-corrected chi connectivity index (χ1v) is 13.9. The molecule has 5 aromatic rings. The highest BCUT2D eigenvalue weighted by atomic mass is 16.5. The number of nitrogens with one attached hydrogen (secondary N) is 1. The number of ether oxygens (including phenoxy) is 1. The fourth-order valence-corrected chi connectivity index (χ4v) is 5.63. The molecule has 0 spiro atoms. The number of carbonyl (C=O) groups excluding carboxylic acids is 1. The third-order valence-electron chi connectivity index (χ3n) is 7.54. The largest absolute Gasteiger partial charge is 0.463 e. The number of hydrogen-bond donors (Lipinski definition) is 1. The molecule has 0 unspecified atom stereocenters. The summed E-state index contributed by atoms with van der Waals surface area (Å²) in [6, 6.07) is 24.7. The maximum Gasteiger partial charge on any atom is 0.335 e. The first-order chi connectivity index (χ1) is 19.5. The van der Waals surface area contributed by atoms with Crippen molar-refractivity contribution >= 4 is 27.9 Å². The molecule has 0 aliphatic heterocycles. The van der Waals surface area contributed by atoms with E-state index in [1.807, 2.05) is 63.2 Å². The number of fused-ring (bicyclic) bond motifs is 2. The molecule has 2 aromatic heterocycles. The van der Waals surface area contributed by atoms with Gasteiger partial charge in [-0.1, -0.05) is 60.7 Å². The summed E-state index contributed by atoms with van der Waals surface area (Å²) >= 11 is 0. The summed E-state index contributed by atoms with van der Waals surface area (Å²) < 4.78 is 18.0. The van der Waals surface area contributed by atoms with Gasteiger partial charge in [-0.3, -0.25) is 5.43 Å². The highest BCUT2D eigenvalue weighted by molar-refractivity contribution is 6.08. The topological polar surface area (TPSA) is 77.0 Å². The van der Waals surface area contributed by atoms with Crippen LogP contribution in [0.1, 0.15) is 43.9 Å². The van der Waals surface area contributed by atoms with E-state index in [2.05, 4.69) is 40.9 Å². The number of benzene rings is 3. The number of nitrogens with zero attached hydrogens (tertiary/aromatic N) is 1. The summed E-state index contributed by atoms with van der Waals surface area (Å²) in [5.74, 6) is 0.587. The van der Waals surface area contributed by atoms with Crippen molar-refractivity contribution in [3.05, 3.63) is 101 Å². The van der Waals surface area contributed by atoms with Crippen LogP contribution >= 0.6 is 0 Å². The zero-order valence-electron chi connectivity index (χ0n) is 23.0. The molecule has 0 bridgehead atoms. The molecule has 6 rings (SSSR count). The van der Waals surface area contributed by atoms with Crippen LogP contribution in [0.2, 0.25) is 0 Å². The molecule has 1 aliphatic rings. The van der Waals surface area contributed by atoms with Crippen LogP contribution in [0.3, 0.4) is 0 Å². The van der Waals surface area contributed by atoms with E-state index in [9.17, 15) is 4.79 Å². The molecular formula is C34H32N2O4. The summed E-state index contributed by atoms with van der Waals surface area (Å²) in [4.78, 5) is 12.5. The SMILES string of the molecule is CCOC(=O)C1=C(N/N=c2\cc(-c3ccccc3)c3cc4c(-c5ccccc5)c(C)oc4c(C)c3o2)CCCC1. The highest BCUT2D eigenvalue weighted by Crippen LogP contribution is 2.41. The molecule has 6 nitrogen and oxygen atoms in total. The van der Waals surface area contributed by atoms with E-state index in [4.69, 9.17) is 13.6 Å². The van der Waals surface area contributed by atoms with Gasteiger partial charge in [0.15, 0.2) is 0 Å². The molecule has 0 fully saturated rings. The normalized spacial score (nSPS) is 14.2. The Hall–Kier alpha value is -4.58. The van der Waals surface area contributed by atoms with Crippen molar-refractivity contribution in [2.45, 2.75) is 46.5 Å². The van der Waals surface area contributed by atoms with Crippen molar-refractivity contribution in [3.63, 3.8) is 0 Å².